The van der Waals surface area contributed by atoms with Crippen LogP contribution in [0.4, 0.5) is 5.95 Å². The molecule has 0 unspecified atom stereocenters. The lowest BCUT2D eigenvalue weighted by Gasteiger charge is -2.27. The van der Waals surface area contributed by atoms with E-state index in [2.05, 4.69) is 20.1 Å². The molecule has 3 heterocycles. The van der Waals surface area contributed by atoms with Crippen LogP contribution in [-0.2, 0) is 13.6 Å². The maximum absolute atomic E-state index is 5.64. The van der Waals surface area contributed by atoms with Crippen molar-refractivity contribution in [3.05, 3.63) is 17.6 Å². The van der Waals surface area contributed by atoms with Crippen LogP contribution >= 0.6 is 11.8 Å². The van der Waals surface area contributed by atoms with E-state index < -0.39 is 0 Å². The second-order valence-electron chi connectivity index (χ2n) is 5.46. The minimum atomic E-state index is 0.381. The number of piperidine rings is 1. The first-order valence-corrected chi connectivity index (χ1v) is 8.36. The topological polar surface area (TPSA) is 85.8 Å². The lowest BCUT2D eigenvalue weighted by Crippen LogP contribution is -2.31. The average molecular weight is 319 g/mol. The fourth-order valence-corrected chi connectivity index (χ4v) is 3.39. The third-order valence-electron chi connectivity index (χ3n) is 3.76. The Balaban J connectivity index is 1.84. The molecule has 0 atom stereocenters. The van der Waals surface area contributed by atoms with Gasteiger partial charge in [0.15, 0.2) is 5.16 Å². The van der Waals surface area contributed by atoms with Crippen LogP contribution in [0.15, 0.2) is 16.2 Å². The molecule has 2 N–H and O–H groups in total. The first kappa shape index (κ1) is 15.2. The molecule has 118 valence electrons. The van der Waals surface area contributed by atoms with Crippen LogP contribution in [0.1, 0.15) is 30.8 Å². The largest absolute Gasteiger partial charge is 0.341 e. The minimum Gasteiger partial charge on any atom is -0.341 e. The van der Waals surface area contributed by atoms with Crippen molar-refractivity contribution in [1.29, 1.82) is 0 Å². The molecule has 2 aromatic heterocycles. The molecule has 3 rings (SSSR count). The maximum Gasteiger partial charge on any atom is 0.226 e. The Morgan fingerprint density at radius 1 is 1.18 bits per heavy atom. The molecule has 0 aromatic carbocycles. The van der Waals surface area contributed by atoms with E-state index in [0.29, 0.717) is 6.54 Å². The molecule has 0 amide bonds. The molecule has 1 saturated heterocycles. The van der Waals surface area contributed by atoms with E-state index >= 15 is 0 Å². The highest BCUT2D eigenvalue weighted by Crippen LogP contribution is 2.27. The lowest BCUT2D eigenvalue weighted by molar-refractivity contribution is 0.566. The van der Waals surface area contributed by atoms with Crippen molar-refractivity contribution in [2.24, 2.45) is 12.8 Å². The van der Waals surface area contributed by atoms with Crippen LogP contribution in [-0.4, -0.2) is 37.8 Å². The van der Waals surface area contributed by atoms with Gasteiger partial charge < -0.3 is 15.2 Å². The smallest absolute Gasteiger partial charge is 0.226 e. The number of hydrogen-bond acceptors (Lipinski definition) is 7. The van der Waals surface area contributed by atoms with Gasteiger partial charge in [-0.2, -0.15) is 0 Å². The Morgan fingerprint density at radius 3 is 2.64 bits per heavy atom. The summed E-state index contributed by atoms with van der Waals surface area (Å²) in [7, 11) is 1.92. The van der Waals surface area contributed by atoms with Crippen LogP contribution in [0, 0.1) is 6.92 Å². The Kier molecular flexibility index (Phi) is 4.58. The van der Waals surface area contributed by atoms with E-state index in [0.717, 1.165) is 40.7 Å². The second-order valence-corrected chi connectivity index (χ2v) is 6.45. The van der Waals surface area contributed by atoms with Crippen LogP contribution in [0.25, 0.3) is 0 Å². The van der Waals surface area contributed by atoms with Crippen molar-refractivity contribution >= 4 is 17.7 Å². The first-order valence-electron chi connectivity index (χ1n) is 7.54. The molecule has 0 bridgehead atoms. The van der Waals surface area contributed by atoms with E-state index in [1.54, 1.807) is 0 Å². The molecular weight excluding hydrogens is 298 g/mol. The number of aromatic nitrogens is 5. The molecule has 0 saturated carbocycles. The van der Waals surface area contributed by atoms with Crippen LogP contribution < -0.4 is 10.6 Å². The summed E-state index contributed by atoms with van der Waals surface area (Å²) in [5, 5.41) is 9.94. The summed E-state index contributed by atoms with van der Waals surface area (Å²) in [6, 6.07) is 1.98. The van der Waals surface area contributed by atoms with E-state index in [-0.39, 0.29) is 0 Å². The first-order chi connectivity index (χ1) is 10.7. The number of nitrogens with zero attached hydrogens (tertiary/aromatic N) is 6. The monoisotopic (exact) mass is 319 g/mol. The predicted molar refractivity (Wildman–Crippen MR) is 85.9 cm³/mol. The number of anilines is 1. The van der Waals surface area contributed by atoms with E-state index in [9.17, 15) is 0 Å². The van der Waals surface area contributed by atoms with E-state index in [4.69, 9.17) is 10.7 Å². The Labute approximate surface area is 134 Å². The zero-order chi connectivity index (χ0) is 15.5. The van der Waals surface area contributed by atoms with Gasteiger partial charge in [0.1, 0.15) is 10.9 Å². The van der Waals surface area contributed by atoms with Crippen LogP contribution in [0.3, 0.4) is 0 Å². The van der Waals surface area contributed by atoms with Crippen molar-refractivity contribution in [2.75, 3.05) is 18.0 Å². The summed E-state index contributed by atoms with van der Waals surface area (Å²) in [5.41, 5.74) is 6.61. The van der Waals surface area contributed by atoms with Gasteiger partial charge in [-0.15, -0.1) is 10.2 Å². The molecule has 0 radical (unpaired) electrons. The van der Waals surface area contributed by atoms with Crippen molar-refractivity contribution < 1.29 is 0 Å². The molecule has 2 aromatic rings. The molecule has 1 fully saturated rings. The number of hydrogen-bond donors (Lipinski definition) is 1. The van der Waals surface area contributed by atoms with Gasteiger partial charge in [-0.05, 0) is 44.0 Å². The van der Waals surface area contributed by atoms with Gasteiger partial charge in [0.05, 0.1) is 6.54 Å². The van der Waals surface area contributed by atoms with Crippen molar-refractivity contribution in [1.82, 2.24) is 24.7 Å². The van der Waals surface area contributed by atoms with Gasteiger partial charge in [0, 0.05) is 25.8 Å². The molecule has 1 aliphatic heterocycles. The van der Waals surface area contributed by atoms with Crippen LogP contribution in [0.2, 0.25) is 0 Å². The van der Waals surface area contributed by atoms with Crippen molar-refractivity contribution in [2.45, 2.75) is 42.9 Å². The van der Waals surface area contributed by atoms with E-state index in [1.165, 1.54) is 31.0 Å². The molecule has 8 heteroatoms. The number of nitrogens with two attached hydrogens (primary N) is 1. The van der Waals surface area contributed by atoms with Gasteiger partial charge >= 0.3 is 0 Å². The third-order valence-corrected chi connectivity index (χ3v) is 4.72. The fraction of sp³-hybridized carbons (Fsp3) is 0.571. The van der Waals surface area contributed by atoms with Gasteiger partial charge in [-0.3, -0.25) is 0 Å². The van der Waals surface area contributed by atoms with Crippen molar-refractivity contribution in [3.8, 4) is 0 Å². The highest BCUT2D eigenvalue weighted by Gasteiger charge is 2.16. The second kappa shape index (κ2) is 6.62. The Bertz CT molecular complexity index is 649. The SMILES string of the molecule is Cc1cc(Sc2nnc(CN)n2C)nc(N2CCCCC2)n1. The predicted octanol–water partition coefficient (Wildman–Crippen LogP) is 1.51. The summed E-state index contributed by atoms with van der Waals surface area (Å²) in [6.45, 7) is 4.46. The molecular formula is C14H21N7S. The van der Waals surface area contributed by atoms with Gasteiger partial charge in [-0.1, -0.05) is 0 Å². The van der Waals surface area contributed by atoms with Gasteiger partial charge in [-0.25, -0.2) is 9.97 Å². The fourth-order valence-electron chi connectivity index (χ4n) is 2.52. The highest BCUT2D eigenvalue weighted by atomic mass is 32.2. The zero-order valence-corrected chi connectivity index (χ0v) is 13.8. The van der Waals surface area contributed by atoms with Gasteiger partial charge in [0.25, 0.3) is 0 Å². The van der Waals surface area contributed by atoms with Gasteiger partial charge in [0.2, 0.25) is 5.95 Å². The quantitative estimate of drug-likeness (QED) is 0.855. The zero-order valence-electron chi connectivity index (χ0n) is 13.0. The average Bonchev–Trinajstić information content (AvgIpc) is 2.88. The van der Waals surface area contributed by atoms with Crippen molar-refractivity contribution in [3.63, 3.8) is 0 Å². The summed E-state index contributed by atoms with van der Waals surface area (Å²) in [4.78, 5) is 11.5. The number of rotatable bonds is 4. The Hall–Kier alpha value is -1.67. The molecule has 1 aliphatic rings. The normalized spacial score (nSPS) is 15.3. The standard InChI is InChI=1S/C14H21N7S/c1-10-8-12(22-14-19-18-11(9-15)20(14)2)17-13(16-10)21-6-4-3-5-7-21/h8H,3-7,9,15H2,1-2H3. The summed E-state index contributed by atoms with van der Waals surface area (Å²) < 4.78 is 1.91. The summed E-state index contributed by atoms with van der Waals surface area (Å²) in [5.74, 6) is 1.59. The van der Waals surface area contributed by atoms with E-state index in [1.807, 2.05) is 24.6 Å². The highest BCUT2D eigenvalue weighted by molar-refractivity contribution is 7.99. The number of aryl methyl sites for hydroxylation is 1. The molecule has 7 nitrogen and oxygen atoms in total. The van der Waals surface area contributed by atoms with Crippen LogP contribution in [0.5, 0.6) is 0 Å². The minimum absolute atomic E-state index is 0.381. The summed E-state index contributed by atoms with van der Waals surface area (Å²) in [6.07, 6.45) is 3.72. The summed E-state index contributed by atoms with van der Waals surface area (Å²) >= 11 is 1.50. The maximum atomic E-state index is 5.64. The Morgan fingerprint density at radius 2 is 1.95 bits per heavy atom. The molecule has 22 heavy (non-hydrogen) atoms. The molecule has 0 spiro atoms. The third kappa shape index (κ3) is 3.22. The lowest BCUT2D eigenvalue weighted by atomic mass is 10.1. The molecule has 0 aliphatic carbocycles.